The lowest BCUT2D eigenvalue weighted by Crippen LogP contribution is -2.51. The molecule has 3 aromatic carbocycles. The Bertz CT molecular complexity index is 2500. The normalized spacial score (nSPS) is 20.8. The van der Waals surface area contributed by atoms with Crippen LogP contribution in [-0.2, 0) is 24.5 Å². The van der Waals surface area contributed by atoms with Crippen LogP contribution in [-0.4, -0.2) is 93.1 Å². The van der Waals surface area contributed by atoms with Gasteiger partial charge in [-0.25, -0.2) is 19.6 Å². The van der Waals surface area contributed by atoms with E-state index in [-0.39, 0.29) is 47.8 Å². The number of hydrogen-bond acceptors (Lipinski definition) is 10. The smallest absolute Gasteiger partial charge is 0.407 e. The van der Waals surface area contributed by atoms with E-state index >= 15 is 0 Å². The van der Waals surface area contributed by atoms with Gasteiger partial charge in [0.1, 0.15) is 23.7 Å². The highest BCUT2D eigenvalue weighted by molar-refractivity contribution is 5.87. The minimum absolute atomic E-state index is 0.000293. The minimum Gasteiger partial charge on any atom is -0.453 e. The summed E-state index contributed by atoms with van der Waals surface area (Å²) in [5, 5.41) is 15.4. The highest BCUT2D eigenvalue weighted by Gasteiger charge is 2.41. The Hall–Kier alpha value is -6.63. The van der Waals surface area contributed by atoms with Gasteiger partial charge in [0.25, 0.3) is 0 Å². The standard InChI is InChI=1S/C50H62N10O6/c1-28(2)42(56-48(63)65-7)46(61)58-23-9-11-40(58)44-52-34-19-13-30(25-36(34)54-44)38-21-22-39(60(38)33-17-15-32(16-18-33)50(5,6)27-51)31-14-20-35-37(26-31)55-45(53-35)41-12-10-24-59(41)47(62)43(29(3)4)57-49(64)66-8/h13-20,25-26,28-29,38-43H,9-12,21-24H2,1-8H3,(H,52,54)(H,53,55)(H,56,63)(H,57,64)/t38-,39?,40+,41+,42+,43+/m1/s1. The SMILES string of the molecule is COC(=O)N[C@H](C(=O)N1CCC[C@H]1c1nc2ccc(C3CC[C@H](c4ccc5nc([C@@H]6CCCN6C(=O)[C@@H](NC(=O)OC)C(C)C)[nH]c5c4)N3c3ccc(C(C)(C)C#N)cc3)cc2[nH]1)C(C)C. The monoisotopic (exact) mass is 898 g/mol. The van der Waals surface area contributed by atoms with Crippen LogP contribution in [0.1, 0.15) is 133 Å². The van der Waals surface area contributed by atoms with Crippen molar-refractivity contribution in [3.63, 3.8) is 0 Å². The molecule has 0 saturated carbocycles. The van der Waals surface area contributed by atoms with E-state index in [1.165, 1.54) is 14.2 Å². The van der Waals surface area contributed by atoms with Gasteiger partial charge < -0.3 is 44.8 Å². The molecule has 6 atom stereocenters. The molecule has 3 aliphatic rings. The zero-order chi connectivity index (χ0) is 47.0. The van der Waals surface area contributed by atoms with Gasteiger partial charge in [-0.15, -0.1) is 0 Å². The molecular weight excluding hydrogens is 837 g/mol. The first kappa shape index (κ1) is 45.9. The van der Waals surface area contributed by atoms with E-state index in [1.807, 2.05) is 51.3 Å². The largest absolute Gasteiger partial charge is 0.453 e. The van der Waals surface area contributed by atoms with Gasteiger partial charge >= 0.3 is 12.2 Å². The number of hydrogen-bond donors (Lipinski definition) is 4. The number of alkyl carbamates (subject to hydrolysis) is 2. The molecule has 3 saturated heterocycles. The fourth-order valence-electron chi connectivity index (χ4n) is 10.2. The van der Waals surface area contributed by atoms with Gasteiger partial charge in [-0.2, -0.15) is 5.26 Å². The Kier molecular flexibility index (Phi) is 13.0. The minimum atomic E-state index is -0.722. The van der Waals surface area contributed by atoms with Gasteiger partial charge in [0.05, 0.1) is 71.9 Å². The van der Waals surface area contributed by atoms with Crippen LogP contribution in [0.15, 0.2) is 60.7 Å². The van der Waals surface area contributed by atoms with Gasteiger partial charge in [0.15, 0.2) is 0 Å². The highest BCUT2D eigenvalue weighted by atomic mass is 16.5. The number of methoxy groups -OCH3 is 2. The van der Waals surface area contributed by atoms with Gasteiger partial charge in [-0.1, -0.05) is 52.0 Å². The van der Waals surface area contributed by atoms with Gasteiger partial charge in [0, 0.05) is 18.8 Å². The van der Waals surface area contributed by atoms with Crippen molar-refractivity contribution in [3.8, 4) is 6.07 Å². The predicted octanol–water partition coefficient (Wildman–Crippen LogP) is 8.41. The number of fused-ring (bicyclic) bond motifs is 2. The number of nitrogens with zero attached hydrogens (tertiary/aromatic N) is 6. The second kappa shape index (κ2) is 18.7. The van der Waals surface area contributed by atoms with E-state index in [1.54, 1.807) is 0 Å². The third kappa shape index (κ3) is 8.87. The van der Waals surface area contributed by atoms with Crippen molar-refractivity contribution in [1.29, 1.82) is 5.26 Å². The number of aromatic amines is 2. The van der Waals surface area contributed by atoms with Crippen LogP contribution in [0.2, 0.25) is 0 Å². The summed E-state index contributed by atoms with van der Waals surface area (Å²) in [5.74, 6) is 0.871. The number of carbonyl (C=O) groups excluding carboxylic acids is 4. The van der Waals surface area contributed by atoms with Crippen LogP contribution in [0.4, 0.5) is 15.3 Å². The van der Waals surface area contributed by atoms with Crippen LogP contribution in [0.3, 0.4) is 0 Å². The highest BCUT2D eigenvalue weighted by Crippen LogP contribution is 2.48. The summed E-state index contributed by atoms with van der Waals surface area (Å²) >= 11 is 0. The Morgan fingerprint density at radius 2 is 1.12 bits per heavy atom. The zero-order valence-corrected chi connectivity index (χ0v) is 39.2. The van der Waals surface area contributed by atoms with Gasteiger partial charge in [-0.3, -0.25) is 9.59 Å². The molecule has 16 heteroatoms. The van der Waals surface area contributed by atoms with E-state index in [2.05, 4.69) is 92.2 Å². The van der Waals surface area contributed by atoms with Crippen molar-refractivity contribution in [1.82, 2.24) is 40.4 Å². The number of aromatic nitrogens is 4. The van der Waals surface area contributed by atoms with Crippen molar-refractivity contribution >= 4 is 51.8 Å². The summed E-state index contributed by atoms with van der Waals surface area (Å²) in [7, 11) is 2.59. The van der Waals surface area contributed by atoms with Gasteiger partial charge in [-0.05, 0) is 117 Å². The number of rotatable bonds is 12. The van der Waals surface area contributed by atoms with Crippen LogP contribution in [0, 0.1) is 23.2 Å². The molecule has 4 amide bonds. The molecule has 1 unspecified atom stereocenters. The number of carbonyl (C=O) groups is 4. The molecule has 16 nitrogen and oxygen atoms in total. The fraction of sp³-hybridized carbons (Fsp3) is 0.500. The number of likely N-dealkylation sites (tertiary alicyclic amines) is 2. The maximum Gasteiger partial charge on any atom is 0.407 e. The Balaban J connectivity index is 1.09. The quantitative estimate of drug-likeness (QED) is 0.0942. The first-order valence-corrected chi connectivity index (χ1v) is 23.2. The van der Waals surface area contributed by atoms with E-state index in [0.29, 0.717) is 13.1 Å². The number of H-pyrrole nitrogens is 2. The zero-order valence-electron chi connectivity index (χ0n) is 39.2. The average molecular weight is 899 g/mol. The summed E-state index contributed by atoms with van der Waals surface area (Å²) in [4.78, 5) is 75.4. The van der Waals surface area contributed by atoms with E-state index < -0.39 is 29.7 Å². The van der Waals surface area contributed by atoms with Crippen LogP contribution >= 0.6 is 0 Å². The lowest BCUT2D eigenvalue weighted by Gasteiger charge is -2.34. The van der Waals surface area contributed by atoms with E-state index in [4.69, 9.17) is 19.4 Å². The van der Waals surface area contributed by atoms with Crippen LogP contribution in [0.5, 0.6) is 0 Å². The Morgan fingerprint density at radius 1 is 0.682 bits per heavy atom. The van der Waals surface area contributed by atoms with Crippen LogP contribution in [0.25, 0.3) is 22.1 Å². The lowest BCUT2D eigenvalue weighted by atomic mass is 9.86. The number of imidazole rings is 2. The number of nitriles is 1. The molecule has 5 aromatic rings. The first-order chi connectivity index (χ1) is 31.6. The molecule has 2 aromatic heterocycles. The molecule has 66 heavy (non-hydrogen) atoms. The molecule has 4 N–H and O–H groups in total. The molecule has 348 valence electrons. The summed E-state index contributed by atoms with van der Waals surface area (Å²) in [6.45, 7) is 12.6. The third-order valence-corrected chi connectivity index (χ3v) is 13.9. The number of anilines is 1. The average Bonchev–Trinajstić information content (AvgIpc) is 4.17. The molecule has 3 aliphatic heterocycles. The van der Waals surface area contributed by atoms with E-state index in [0.717, 1.165) is 94.6 Å². The maximum atomic E-state index is 13.9. The summed E-state index contributed by atoms with van der Waals surface area (Å²) < 4.78 is 9.65. The molecule has 8 rings (SSSR count). The molecule has 5 heterocycles. The fourth-order valence-corrected chi connectivity index (χ4v) is 10.2. The maximum absolute atomic E-state index is 13.9. The van der Waals surface area contributed by atoms with Crippen molar-refractivity contribution in [2.24, 2.45) is 11.8 Å². The van der Waals surface area contributed by atoms with Crippen molar-refractivity contribution in [2.45, 2.75) is 122 Å². The van der Waals surface area contributed by atoms with Crippen LogP contribution < -0.4 is 15.5 Å². The second-order valence-electron chi connectivity index (χ2n) is 19.2. The van der Waals surface area contributed by atoms with Crippen molar-refractivity contribution in [3.05, 3.63) is 89.0 Å². The Labute approximate surface area is 385 Å². The molecule has 0 radical (unpaired) electrons. The predicted molar refractivity (Wildman–Crippen MR) is 250 cm³/mol. The number of ether oxygens (including phenoxy) is 2. The number of amides is 4. The van der Waals surface area contributed by atoms with E-state index in [9.17, 15) is 24.4 Å². The second-order valence-corrected chi connectivity index (χ2v) is 19.2. The molecule has 0 aliphatic carbocycles. The summed E-state index contributed by atoms with van der Waals surface area (Å²) in [6.07, 6.45) is 3.63. The topological polar surface area (TPSA) is 202 Å². The van der Waals surface area contributed by atoms with Crippen molar-refractivity contribution < 1.29 is 28.7 Å². The third-order valence-electron chi connectivity index (χ3n) is 13.9. The first-order valence-electron chi connectivity index (χ1n) is 23.2. The number of benzene rings is 3. The van der Waals surface area contributed by atoms with Crippen molar-refractivity contribution in [2.75, 3.05) is 32.2 Å². The lowest BCUT2D eigenvalue weighted by molar-refractivity contribution is -0.136. The molecular formula is C50H62N10O6. The number of nitrogens with one attached hydrogen (secondary N) is 4. The Morgan fingerprint density at radius 3 is 1.52 bits per heavy atom. The summed E-state index contributed by atoms with van der Waals surface area (Å²) in [5.41, 5.74) is 6.99. The van der Waals surface area contributed by atoms with Gasteiger partial charge in [0.2, 0.25) is 11.8 Å². The molecule has 0 bridgehead atoms. The summed E-state index contributed by atoms with van der Waals surface area (Å²) in [6, 6.07) is 21.6. The molecule has 3 fully saturated rings. The molecule has 0 spiro atoms.